The maximum Gasteiger partial charge on any atom is 0.279 e. The molecule has 1 aromatic carbocycles. The zero-order valence-corrected chi connectivity index (χ0v) is 13.6. The summed E-state index contributed by atoms with van der Waals surface area (Å²) in [6, 6.07) is 7.39. The number of aromatic nitrogens is 2. The molecule has 0 fully saturated rings. The smallest absolute Gasteiger partial charge is 0.279 e. The van der Waals surface area contributed by atoms with E-state index in [1.807, 2.05) is 37.3 Å². The van der Waals surface area contributed by atoms with Crippen molar-refractivity contribution >= 4 is 24.0 Å². The van der Waals surface area contributed by atoms with E-state index in [9.17, 15) is 4.79 Å². The quantitative estimate of drug-likeness (QED) is 0.602. The summed E-state index contributed by atoms with van der Waals surface area (Å²) in [5.41, 5.74) is 2.98. The Labute approximate surface area is 140 Å². The van der Waals surface area contributed by atoms with Crippen LogP contribution in [0, 0.1) is 6.92 Å². The maximum atomic E-state index is 12.2. The number of benzene rings is 1. The summed E-state index contributed by atoms with van der Waals surface area (Å²) in [7, 11) is 0. The Bertz CT molecular complexity index is 777. The highest BCUT2D eigenvalue weighted by atomic mass is 16.6. The Morgan fingerprint density at radius 3 is 2.71 bits per heavy atom. The number of allylic oxidation sites excluding steroid dienone is 1. The molecule has 124 valence electrons. The van der Waals surface area contributed by atoms with Crippen molar-refractivity contribution in [3.8, 4) is 0 Å². The number of hydrogen-bond acceptors (Lipinski definition) is 6. The van der Waals surface area contributed by atoms with E-state index in [1.54, 1.807) is 19.2 Å². The van der Waals surface area contributed by atoms with E-state index in [1.165, 1.54) is 0 Å². The van der Waals surface area contributed by atoms with E-state index in [0.29, 0.717) is 17.9 Å². The van der Waals surface area contributed by atoms with Gasteiger partial charge >= 0.3 is 0 Å². The number of para-hydroxylation sites is 2. The van der Waals surface area contributed by atoms with Crippen LogP contribution in [-0.2, 0) is 0 Å². The summed E-state index contributed by atoms with van der Waals surface area (Å²) in [4.78, 5) is 16.0. The number of carbonyl (C=O) groups excluding carboxylic acids is 1. The number of aryl methyl sites for hydroxylation is 1. The molecule has 0 spiro atoms. The van der Waals surface area contributed by atoms with Gasteiger partial charge in [-0.25, -0.2) is 4.63 Å². The van der Waals surface area contributed by atoms with Crippen LogP contribution in [0.25, 0.3) is 0 Å². The summed E-state index contributed by atoms with van der Waals surface area (Å²) in [6.07, 6.45) is 5.54. The van der Waals surface area contributed by atoms with E-state index in [-0.39, 0.29) is 11.6 Å². The second-order valence-corrected chi connectivity index (χ2v) is 4.94. The Kier molecular flexibility index (Phi) is 6.01. The van der Waals surface area contributed by atoms with E-state index in [2.05, 4.69) is 37.3 Å². The van der Waals surface area contributed by atoms with Gasteiger partial charge in [-0.3, -0.25) is 9.79 Å². The zero-order valence-electron chi connectivity index (χ0n) is 13.6. The molecule has 0 saturated carbocycles. The van der Waals surface area contributed by atoms with Crippen LogP contribution in [0.3, 0.4) is 0 Å². The first-order chi connectivity index (χ1) is 11.7. The highest BCUT2D eigenvalue weighted by molar-refractivity contribution is 6.05. The average molecular weight is 325 g/mol. The largest absolute Gasteiger partial charge is 0.379 e. The van der Waals surface area contributed by atoms with Crippen molar-refractivity contribution in [2.75, 3.05) is 17.2 Å². The van der Waals surface area contributed by atoms with Gasteiger partial charge in [-0.2, -0.15) is 0 Å². The van der Waals surface area contributed by atoms with Gasteiger partial charge in [0.15, 0.2) is 5.69 Å². The van der Waals surface area contributed by atoms with Crippen LogP contribution in [0.1, 0.15) is 23.1 Å². The standard InChI is InChI=1S/C17H19N5O2/c1-4-7-13(10-18-3)11-19-14-8-5-6-9-15(14)20-17(23)16-12(2)21-24-22-16/h4-10,19H,3,11H2,1-2H3,(H,20,23)/b7-4-,13-10+. The minimum atomic E-state index is -0.375. The van der Waals surface area contributed by atoms with Gasteiger partial charge in [0.1, 0.15) is 5.69 Å². The molecule has 0 aliphatic rings. The third kappa shape index (κ3) is 4.39. The van der Waals surface area contributed by atoms with Crippen molar-refractivity contribution < 1.29 is 9.42 Å². The van der Waals surface area contributed by atoms with Gasteiger partial charge in [0.05, 0.1) is 11.4 Å². The van der Waals surface area contributed by atoms with E-state index < -0.39 is 0 Å². The molecule has 0 aliphatic carbocycles. The number of nitrogens with zero attached hydrogens (tertiary/aromatic N) is 3. The minimum Gasteiger partial charge on any atom is -0.379 e. The normalized spacial score (nSPS) is 11.5. The first-order valence-corrected chi connectivity index (χ1v) is 7.36. The van der Waals surface area contributed by atoms with Crippen molar-refractivity contribution in [2.45, 2.75) is 13.8 Å². The molecule has 2 rings (SSSR count). The Morgan fingerprint density at radius 2 is 2.08 bits per heavy atom. The fraction of sp³-hybridized carbons (Fsp3) is 0.176. The monoisotopic (exact) mass is 325 g/mol. The number of rotatable bonds is 7. The van der Waals surface area contributed by atoms with Crippen molar-refractivity contribution in [3.63, 3.8) is 0 Å². The summed E-state index contributed by atoms with van der Waals surface area (Å²) in [5, 5.41) is 13.3. The van der Waals surface area contributed by atoms with Gasteiger partial charge in [0.25, 0.3) is 5.91 Å². The van der Waals surface area contributed by atoms with Crippen LogP contribution in [-0.4, -0.2) is 29.5 Å². The molecule has 7 heteroatoms. The second kappa shape index (κ2) is 8.42. The summed E-state index contributed by atoms with van der Waals surface area (Å²) >= 11 is 0. The lowest BCUT2D eigenvalue weighted by Crippen LogP contribution is -2.15. The predicted octanol–water partition coefficient (Wildman–Crippen LogP) is 3.20. The van der Waals surface area contributed by atoms with Crippen LogP contribution < -0.4 is 10.6 Å². The Morgan fingerprint density at radius 1 is 1.33 bits per heavy atom. The van der Waals surface area contributed by atoms with Crippen LogP contribution in [0.2, 0.25) is 0 Å². The molecule has 0 bridgehead atoms. The molecular formula is C17H19N5O2. The van der Waals surface area contributed by atoms with Gasteiger partial charge in [0, 0.05) is 12.7 Å². The van der Waals surface area contributed by atoms with E-state index >= 15 is 0 Å². The predicted molar refractivity (Wildman–Crippen MR) is 94.4 cm³/mol. The van der Waals surface area contributed by atoms with Gasteiger partial charge in [-0.05, 0) is 43.4 Å². The third-order valence-corrected chi connectivity index (χ3v) is 3.16. The highest BCUT2D eigenvalue weighted by Crippen LogP contribution is 2.22. The van der Waals surface area contributed by atoms with Crippen molar-refractivity contribution in [2.24, 2.45) is 4.99 Å². The molecule has 0 unspecified atom stereocenters. The Balaban J connectivity index is 2.13. The molecule has 0 saturated heterocycles. The second-order valence-electron chi connectivity index (χ2n) is 4.94. The summed E-state index contributed by atoms with van der Waals surface area (Å²) in [5.74, 6) is -0.375. The van der Waals surface area contributed by atoms with Gasteiger partial charge < -0.3 is 10.6 Å². The van der Waals surface area contributed by atoms with E-state index in [4.69, 9.17) is 0 Å². The first kappa shape index (κ1) is 17.1. The molecule has 0 aliphatic heterocycles. The average Bonchev–Trinajstić information content (AvgIpc) is 3.00. The molecule has 2 aromatic rings. The number of nitrogens with one attached hydrogen (secondary N) is 2. The van der Waals surface area contributed by atoms with Crippen LogP contribution in [0.4, 0.5) is 11.4 Å². The molecule has 0 atom stereocenters. The first-order valence-electron chi connectivity index (χ1n) is 7.36. The van der Waals surface area contributed by atoms with Gasteiger partial charge in [0.2, 0.25) is 0 Å². The molecule has 7 nitrogen and oxygen atoms in total. The van der Waals surface area contributed by atoms with Crippen molar-refractivity contribution in [3.05, 3.63) is 59.6 Å². The van der Waals surface area contributed by atoms with Crippen molar-refractivity contribution in [1.29, 1.82) is 0 Å². The molecule has 24 heavy (non-hydrogen) atoms. The van der Waals surface area contributed by atoms with Crippen LogP contribution in [0.5, 0.6) is 0 Å². The highest BCUT2D eigenvalue weighted by Gasteiger charge is 2.16. The van der Waals surface area contributed by atoms with Gasteiger partial charge in [-0.1, -0.05) is 29.4 Å². The molecule has 0 radical (unpaired) electrons. The van der Waals surface area contributed by atoms with E-state index in [0.717, 1.165) is 11.3 Å². The van der Waals surface area contributed by atoms with Crippen LogP contribution >= 0.6 is 0 Å². The zero-order chi connectivity index (χ0) is 17.4. The Hall–Kier alpha value is -3.22. The van der Waals surface area contributed by atoms with Gasteiger partial charge in [-0.15, -0.1) is 0 Å². The molecule has 2 N–H and O–H groups in total. The lowest BCUT2D eigenvalue weighted by Gasteiger charge is -2.12. The SMILES string of the molecule is C=N/C=C(\C=C/C)CNc1ccccc1NC(=O)c1nonc1C. The number of hydrogen-bond donors (Lipinski definition) is 2. The number of anilines is 2. The topological polar surface area (TPSA) is 92.4 Å². The third-order valence-electron chi connectivity index (χ3n) is 3.16. The number of aliphatic imine (C=N–C) groups is 1. The number of amides is 1. The lowest BCUT2D eigenvalue weighted by atomic mass is 10.2. The fourth-order valence-electron chi connectivity index (χ4n) is 2.04. The summed E-state index contributed by atoms with van der Waals surface area (Å²) in [6.45, 7) is 7.60. The molecule has 1 amide bonds. The molecule has 1 heterocycles. The number of carbonyl (C=O) groups is 1. The van der Waals surface area contributed by atoms with Crippen LogP contribution in [0.15, 0.2) is 57.8 Å². The maximum absolute atomic E-state index is 12.2. The fourth-order valence-corrected chi connectivity index (χ4v) is 2.04. The molecular weight excluding hydrogens is 306 g/mol. The molecule has 1 aromatic heterocycles. The lowest BCUT2D eigenvalue weighted by molar-refractivity contribution is 0.101. The summed E-state index contributed by atoms with van der Waals surface area (Å²) < 4.78 is 4.56. The minimum absolute atomic E-state index is 0.162. The van der Waals surface area contributed by atoms with Crippen molar-refractivity contribution in [1.82, 2.24) is 10.3 Å².